The summed E-state index contributed by atoms with van der Waals surface area (Å²) in [6.45, 7) is 11.9. The van der Waals surface area contributed by atoms with Crippen molar-refractivity contribution in [2.45, 2.75) is 78.9 Å². The van der Waals surface area contributed by atoms with E-state index in [1.807, 2.05) is 38.1 Å². The second-order valence-electron chi connectivity index (χ2n) is 11.6. The van der Waals surface area contributed by atoms with E-state index in [9.17, 15) is 14.4 Å². The summed E-state index contributed by atoms with van der Waals surface area (Å²) >= 11 is 0. The van der Waals surface area contributed by atoms with Gasteiger partial charge in [-0.05, 0) is 94.8 Å². The molecule has 2 aromatic carbocycles. The van der Waals surface area contributed by atoms with Gasteiger partial charge in [-0.25, -0.2) is 4.79 Å². The average Bonchev–Trinajstić information content (AvgIpc) is 3.08. The Labute approximate surface area is 283 Å². The molecule has 258 valence electrons. The number of carbonyl (C=O) groups excluding carboxylic acids is 3. The second kappa shape index (κ2) is 19.8. The van der Waals surface area contributed by atoms with Crippen molar-refractivity contribution in [1.29, 1.82) is 0 Å². The maximum atomic E-state index is 13.5. The zero-order chi connectivity index (χ0) is 34.8. The van der Waals surface area contributed by atoms with Crippen molar-refractivity contribution in [2.24, 2.45) is 10.2 Å². The Balaban J connectivity index is 1.47. The lowest BCUT2D eigenvalue weighted by molar-refractivity contribution is -0.158. The van der Waals surface area contributed by atoms with Gasteiger partial charge in [-0.3, -0.25) is 14.6 Å². The van der Waals surface area contributed by atoms with Gasteiger partial charge < -0.3 is 23.8 Å². The van der Waals surface area contributed by atoms with E-state index in [2.05, 4.69) is 15.2 Å². The molecule has 1 aromatic heterocycles. The minimum atomic E-state index is -1.30. The van der Waals surface area contributed by atoms with Crippen LogP contribution < -0.4 is 14.2 Å². The first kappa shape index (κ1) is 37.7. The molecule has 2 amide bonds. The lowest BCUT2D eigenvalue weighted by Crippen LogP contribution is -2.40. The molecule has 0 aliphatic rings. The number of pyridine rings is 1. The minimum absolute atomic E-state index is 0.145. The van der Waals surface area contributed by atoms with Crippen LogP contribution in [0, 0.1) is 0 Å². The largest absolute Gasteiger partial charge is 0.494 e. The quantitative estimate of drug-likeness (QED) is 0.0693. The van der Waals surface area contributed by atoms with E-state index < -0.39 is 17.5 Å². The summed E-state index contributed by atoms with van der Waals surface area (Å²) in [5.74, 6) is 0.512. The van der Waals surface area contributed by atoms with E-state index in [0.717, 1.165) is 43.4 Å². The van der Waals surface area contributed by atoms with Crippen molar-refractivity contribution in [3.05, 3.63) is 83.7 Å². The fourth-order valence-electron chi connectivity index (χ4n) is 4.68. The molecule has 0 atom stereocenters. The molecule has 1 heterocycles. The lowest BCUT2D eigenvalue weighted by atomic mass is 10.1. The van der Waals surface area contributed by atoms with E-state index >= 15 is 0 Å². The Morgan fingerprint density at radius 2 is 1.52 bits per heavy atom. The highest BCUT2D eigenvalue weighted by molar-refractivity contribution is 5.97. The molecule has 11 nitrogen and oxygen atoms in total. The summed E-state index contributed by atoms with van der Waals surface area (Å²) in [5.41, 5.74) is 0.399. The van der Waals surface area contributed by atoms with E-state index in [-0.39, 0.29) is 24.8 Å². The minimum Gasteiger partial charge on any atom is -0.494 e. The fraction of sp³-hybridized carbons (Fsp3) is 0.459. The highest BCUT2D eigenvalue weighted by atomic mass is 16.6. The molecular formula is C37H48N4O7. The van der Waals surface area contributed by atoms with Crippen LogP contribution in [-0.2, 0) is 16.1 Å². The van der Waals surface area contributed by atoms with Gasteiger partial charge in [0.2, 0.25) is 0 Å². The monoisotopic (exact) mass is 660 g/mol. The molecule has 3 rings (SSSR count). The van der Waals surface area contributed by atoms with Crippen LogP contribution in [0.3, 0.4) is 0 Å². The molecule has 0 aliphatic carbocycles. The Kier molecular flexibility index (Phi) is 15.5. The summed E-state index contributed by atoms with van der Waals surface area (Å²) in [4.78, 5) is 43.8. The fourth-order valence-corrected chi connectivity index (χ4v) is 4.68. The maximum absolute atomic E-state index is 13.5. The van der Waals surface area contributed by atoms with Crippen LogP contribution in [0.4, 0.5) is 0 Å². The normalized spacial score (nSPS) is 11.3. The van der Waals surface area contributed by atoms with Gasteiger partial charge in [-0.2, -0.15) is 5.11 Å². The molecule has 0 unspecified atom stereocenters. The molecule has 48 heavy (non-hydrogen) atoms. The molecule has 0 radical (unpaired) electrons. The van der Waals surface area contributed by atoms with Crippen molar-refractivity contribution < 1.29 is 33.3 Å². The topological polar surface area (TPSA) is 129 Å². The number of benzene rings is 2. The molecule has 0 saturated carbocycles. The van der Waals surface area contributed by atoms with Crippen molar-refractivity contribution in [3.63, 3.8) is 0 Å². The first-order valence-corrected chi connectivity index (χ1v) is 16.6. The van der Waals surface area contributed by atoms with E-state index in [0.29, 0.717) is 43.2 Å². The summed E-state index contributed by atoms with van der Waals surface area (Å²) < 4.78 is 23.2. The van der Waals surface area contributed by atoms with Crippen LogP contribution in [0.15, 0.2) is 77.2 Å². The summed E-state index contributed by atoms with van der Waals surface area (Å²) in [6.07, 6.45) is 7.26. The van der Waals surface area contributed by atoms with E-state index in [1.54, 1.807) is 62.2 Å². The predicted octanol–water partition coefficient (Wildman–Crippen LogP) is 7.49. The number of azo groups is 1. The van der Waals surface area contributed by atoms with Crippen molar-refractivity contribution in [3.8, 4) is 17.2 Å². The first-order valence-electron chi connectivity index (χ1n) is 16.6. The maximum Gasteiger partial charge on any atom is 0.349 e. The Hall–Kier alpha value is -4.80. The third-order valence-electron chi connectivity index (χ3n) is 7.16. The first-order chi connectivity index (χ1) is 23.2. The van der Waals surface area contributed by atoms with Gasteiger partial charge in [0.1, 0.15) is 17.2 Å². The second-order valence-corrected chi connectivity index (χ2v) is 11.6. The molecular weight excluding hydrogens is 612 g/mol. The smallest absolute Gasteiger partial charge is 0.349 e. The van der Waals surface area contributed by atoms with Gasteiger partial charge in [0, 0.05) is 31.5 Å². The van der Waals surface area contributed by atoms with Gasteiger partial charge in [-0.1, -0.05) is 26.0 Å². The predicted molar refractivity (Wildman–Crippen MR) is 183 cm³/mol. The highest BCUT2D eigenvalue weighted by Gasteiger charge is 2.33. The third kappa shape index (κ3) is 12.1. The number of nitrogens with zero attached hydrogens (tertiary/aromatic N) is 4. The summed E-state index contributed by atoms with van der Waals surface area (Å²) in [5, 5.41) is 7.73. The molecule has 0 aliphatic heterocycles. The molecule has 0 fully saturated rings. The molecule has 3 aromatic rings. The van der Waals surface area contributed by atoms with Gasteiger partial charge in [0.05, 0.1) is 37.5 Å². The third-order valence-corrected chi connectivity index (χ3v) is 7.16. The summed E-state index contributed by atoms with van der Waals surface area (Å²) in [7, 11) is 0. The van der Waals surface area contributed by atoms with Gasteiger partial charge in [0.25, 0.3) is 11.8 Å². The van der Waals surface area contributed by atoms with Gasteiger partial charge in [0.15, 0.2) is 5.60 Å². The average molecular weight is 661 g/mol. The molecule has 11 heteroatoms. The SMILES string of the molecule is CCCN(CCC)C(=O)c1ccc(OCCCCCOc2ccc(CN=NC(=O)c3cccnc3)cc2)cc1OC(C)(C)C(=O)OCC. The number of esters is 1. The number of hydrogen-bond donors (Lipinski definition) is 0. The zero-order valence-corrected chi connectivity index (χ0v) is 28.8. The zero-order valence-electron chi connectivity index (χ0n) is 28.8. The highest BCUT2D eigenvalue weighted by Crippen LogP contribution is 2.30. The number of rotatable bonds is 20. The Morgan fingerprint density at radius 3 is 2.15 bits per heavy atom. The number of ether oxygens (including phenoxy) is 4. The Bertz CT molecular complexity index is 1470. The molecule has 0 N–H and O–H groups in total. The van der Waals surface area contributed by atoms with Gasteiger partial charge in [-0.15, -0.1) is 5.11 Å². The molecule has 0 bridgehead atoms. The standard InChI is InChI=1S/C37H48N4O7/c1-6-21-41(22-7-2)35(43)32-19-18-31(25-33(32)48-37(4,5)36(44)45-8-3)47-24-11-9-10-23-46-30-16-14-28(15-17-30)26-39-40-34(42)29-13-12-20-38-27-29/h12-20,25,27H,6-11,21-24,26H2,1-5H3. The molecule has 0 spiro atoms. The number of carbonyl (C=O) groups is 3. The van der Waals surface area contributed by atoms with Crippen molar-refractivity contribution in [1.82, 2.24) is 9.88 Å². The van der Waals surface area contributed by atoms with Crippen LogP contribution in [0.1, 0.15) is 93.0 Å². The van der Waals surface area contributed by atoms with Crippen molar-refractivity contribution in [2.75, 3.05) is 32.9 Å². The lowest BCUT2D eigenvalue weighted by Gasteiger charge is -2.27. The number of aromatic nitrogens is 1. The van der Waals surface area contributed by atoms with Crippen LogP contribution >= 0.6 is 0 Å². The molecule has 0 saturated heterocycles. The van der Waals surface area contributed by atoms with Gasteiger partial charge >= 0.3 is 5.97 Å². The van der Waals surface area contributed by atoms with Crippen molar-refractivity contribution >= 4 is 17.8 Å². The van der Waals surface area contributed by atoms with Crippen LogP contribution in [0.25, 0.3) is 0 Å². The van der Waals surface area contributed by atoms with Crippen LogP contribution in [0.2, 0.25) is 0 Å². The number of hydrogen-bond acceptors (Lipinski definition) is 9. The summed E-state index contributed by atoms with van der Waals surface area (Å²) in [6, 6.07) is 16.0. The van der Waals surface area contributed by atoms with Crippen LogP contribution in [0.5, 0.6) is 17.2 Å². The number of unbranched alkanes of at least 4 members (excludes halogenated alkanes) is 2. The number of amides is 2. The van der Waals surface area contributed by atoms with Crippen LogP contribution in [-0.4, -0.2) is 66.2 Å². The van der Waals surface area contributed by atoms with E-state index in [4.69, 9.17) is 18.9 Å². The Morgan fingerprint density at radius 1 is 0.854 bits per heavy atom. The van der Waals surface area contributed by atoms with E-state index in [1.165, 1.54) is 6.20 Å².